The summed E-state index contributed by atoms with van der Waals surface area (Å²) in [4.78, 5) is 11.1. The number of carboxylic acid groups (broad SMARTS) is 1. The summed E-state index contributed by atoms with van der Waals surface area (Å²) < 4.78 is 74.3. The Labute approximate surface area is 172 Å². The fourth-order valence-electron chi connectivity index (χ4n) is 3.19. The first-order chi connectivity index (χ1) is 13.8. The van der Waals surface area contributed by atoms with Gasteiger partial charge in [-0.05, 0) is 19.1 Å². The summed E-state index contributed by atoms with van der Waals surface area (Å²) in [5.41, 5.74) is -0.612. The minimum absolute atomic E-state index is 0.333. The second kappa shape index (κ2) is 9.64. The van der Waals surface area contributed by atoms with E-state index in [-0.39, 0.29) is 0 Å². The number of sulfonamides is 1. The third-order valence-corrected chi connectivity index (χ3v) is 5.78. The lowest BCUT2D eigenvalue weighted by Gasteiger charge is -2.42. The van der Waals surface area contributed by atoms with Crippen LogP contribution in [0.5, 0.6) is 0 Å². The molecule has 0 amide bonds. The van der Waals surface area contributed by atoms with Gasteiger partial charge in [0.1, 0.15) is 17.1 Å². The van der Waals surface area contributed by atoms with Gasteiger partial charge >= 0.3 is 12.1 Å². The molecule has 1 spiro atoms. The molecular formula is C17H25F3N2O7S. The predicted octanol–water partition coefficient (Wildman–Crippen LogP) is 1.08. The van der Waals surface area contributed by atoms with Crippen molar-refractivity contribution in [2.45, 2.75) is 25.2 Å². The zero-order valence-electron chi connectivity index (χ0n) is 16.6. The number of morpholine rings is 1. The van der Waals surface area contributed by atoms with Crippen LogP contribution < -0.4 is 0 Å². The maximum absolute atomic E-state index is 11.9. The maximum Gasteiger partial charge on any atom is 0.490 e. The van der Waals surface area contributed by atoms with Crippen LogP contribution in [0, 0.1) is 6.92 Å². The number of aliphatic carboxylic acids is 1. The number of hydrogen-bond donors (Lipinski definition) is 1. The Morgan fingerprint density at radius 1 is 1.23 bits per heavy atom. The van der Waals surface area contributed by atoms with Crippen LogP contribution in [0.2, 0.25) is 0 Å². The van der Waals surface area contributed by atoms with Gasteiger partial charge in [0.2, 0.25) is 10.0 Å². The Kier molecular flexibility index (Phi) is 7.91. The molecule has 2 fully saturated rings. The lowest BCUT2D eigenvalue weighted by molar-refractivity contribution is -0.192. The van der Waals surface area contributed by atoms with Gasteiger partial charge < -0.3 is 19.0 Å². The minimum Gasteiger partial charge on any atom is -0.475 e. The number of carbonyl (C=O) groups is 1. The average molecular weight is 458 g/mol. The number of nitrogens with zero attached hydrogens (tertiary/aromatic N) is 2. The number of halogens is 3. The summed E-state index contributed by atoms with van der Waals surface area (Å²) in [5, 5.41) is 7.12. The van der Waals surface area contributed by atoms with Crippen LogP contribution in [0.15, 0.2) is 16.5 Å². The van der Waals surface area contributed by atoms with Crippen molar-refractivity contribution in [2.24, 2.45) is 0 Å². The molecule has 2 aliphatic rings. The van der Waals surface area contributed by atoms with Crippen molar-refractivity contribution in [3.8, 4) is 0 Å². The summed E-state index contributed by atoms with van der Waals surface area (Å²) >= 11 is 0. The fraction of sp³-hybridized carbons (Fsp3) is 0.706. The molecular weight excluding hydrogens is 433 g/mol. The molecule has 1 aromatic heterocycles. The van der Waals surface area contributed by atoms with E-state index in [4.69, 9.17) is 23.8 Å². The van der Waals surface area contributed by atoms with E-state index in [1.165, 1.54) is 10.6 Å². The van der Waals surface area contributed by atoms with Crippen LogP contribution in [0.1, 0.15) is 11.5 Å². The van der Waals surface area contributed by atoms with E-state index in [1.807, 2.05) is 19.1 Å². The largest absolute Gasteiger partial charge is 0.490 e. The monoisotopic (exact) mass is 458 g/mol. The molecule has 9 nitrogen and oxygen atoms in total. The lowest BCUT2D eigenvalue weighted by atomic mass is 10.0. The molecule has 3 rings (SSSR count). The van der Waals surface area contributed by atoms with E-state index in [9.17, 15) is 21.6 Å². The van der Waals surface area contributed by atoms with E-state index in [2.05, 4.69) is 4.90 Å². The van der Waals surface area contributed by atoms with Crippen molar-refractivity contribution >= 4 is 16.0 Å². The number of hydrogen-bond acceptors (Lipinski definition) is 7. The maximum atomic E-state index is 11.9. The molecule has 172 valence electrons. The lowest BCUT2D eigenvalue weighted by Crippen LogP contribution is -2.58. The van der Waals surface area contributed by atoms with Crippen molar-refractivity contribution in [2.75, 3.05) is 52.3 Å². The number of alkyl halides is 3. The number of aryl methyl sites for hydroxylation is 1. The van der Waals surface area contributed by atoms with E-state index in [0.29, 0.717) is 46.0 Å². The highest BCUT2D eigenvalue weighted by atomic mass is 32.2. The van der Waals surface area contributed by atoms with E-state index >= 15 is 0 Å². The van der Waals surface area contributed by atoms with Gasteiger partial charge in [-0.25, -0.2) is 13.2 Å². The van der Waals surface area contributed by atoms with Crippen molar-refractivity contribution in [1.29, 1.82) is 0 Å². The summed E-state index contributed by atoms with van der Waals surface area (Å²) in [6, 6.07) is 3.93. The molecule has 1 unspecified atom stereocenters. The minimum atomic E-state index is -5.08. The number of furan rings is 1. The highest BCUT2D eigenvalue weighted by Crippen LogP contribution is 2.25. The van der Waals surface area contributed by atoms with E-state index < -0.39 is 27.8 Å². The normalized spacial score (nSPS) is 24.2. The standard InChI is InChI=1S/C15H24N2O5S.C2HF3O2/c1-13-3-4-14(22-13)9-16-5-8-21-15(10-16)11-17(23(2,18)19)6-7-20-12-15;3-2(4,5)1(6)7/h3-4H,5-12H2,1-2H3;(H,6,7). The van der Waals surface area contributed by atoms with Crippen molar-refractivity contribution in [3.63, 3.8) is 0 Å². The number of ether oxygens (including phenoxy) is 2. The molecule has 1 aromatic rings. The van der Waals surface area contributed by atoms with Crippen LogP contribution in [0.25, 0.3) is 0 Å². The van der Waals surface area contributed by atoms with Crippen LogP contribution in [0.3, 0.4) is 0 Å². The van der Waals surface area contributed by atoms with E-state index in [1.54, 1.807) is 0 Å². The Bertz CT molecular complexity index is 828. The van der Waals surface area contributed by atoms with Crippen molar-refractivity contribution < 1.29 is 45.4 Å². The molecule has 0 saturated carbocycles. The topological polar surface area (TPSA) is 110 Å². The summed E-state index contributed by atoms with van der Waals surface area (Å²) in [6.07, 6.45) is -3.85. The van der Waals surface area contributed by atoms with Gasteiger partial charge in [0.25, 0.3) is 0 Å². The third-order valence-electron chi connectivity index (χ3n) is 4.53. The molecule has 2 saturated heterocycles. The van der Waals surface area contributed by atoms with Crippen LogP contribution in [-0.4, -0.2) is 92.7 Å². The Hall–Kier alpha value is -1.67. The Morgan fingerprint density at radius 2 is 1.90 bits per heavy atom. The van der Waals surface area contributed by atoms with Crippen LogP contribution in [0.4, 0.5) is 13.2 Å². The van der Waals surface area contributed by atoms with Gasteiger partial charge in [-0.1, -0.05) is 0 Å². The van der Waals surface area contributed by atoms with Gasteiger partial charge in [0.05, 0.1) is 32.6 Å². The second-order valence-corrected chi connectivity index (χ2v) is 9.19. The second-order valence-electron chi connectivity index (χ2n) is 7.21. The molecule has 13 heteroatoms. The zero-order chi connectivity index (χ0) is 22.6. The van der Waals surface area contributed by atoms with Gasteiger partial charge in [0.15, 0.2) is 0 Å². The van der Waals surface area contributed by atoms with Gasteiger partial charge in [-0.2, -0.15) is 17.5 Å². The Morgan fingerprint density at radius 3 is 2.43 bits per heavy atom. The first-order valence-corrected chi connectivity index (χ1v) is 10.9. The van der Waals surface area contributed by atoms with Gasteiger partial charge in [-0.15, -0.1) is 0 Å². The number of carboxylic acids is 1. The highest BCUT2D eigenvalue weighted by Gasteiger charge is 2.42. The first-order valence-electron chi connectivity index (χ1n) is 9.05. The average Bonchev–Trinajstić information content (AvgIpc) is 2.90. The zero-order valence-corrected chi connectivity index (χ0v) is 17.5. The van der Waals surface area contributed by atoms with Gasteiger partial charge in [0, 0.05) is 26.2 Å². The summed E-state index contributed by atoms with van der Waals surface area (Å²) in [5.74, 6) is -0.953. The van der Waals surface area contributed by atoms with Crippen molar-refractivity contribution in [1.82, 2.24) is 9.21 Å². The molecule has 3 heterocycles. The molecule has 0 radical (unpaired) electrons. The first kappa shape index (κ1) is 24.6. The molecule has 1 N–H and O–H groups in total. The summed E-state index contributed by atoms with van der Waals surface area (Å²) in [6.45, 7) is 6.11. The van der Waals surface area contributed by atoms with Gasteiger partial charge in [-0.3, -0.25) is 4.90 Å². The Balaban J connectivity index is 0.000000396. The van der Waals surface area contributed by atoms with Crippen LogP contribution in [-0.2, 0) is 30.8 Å². The van der Waals surface area contributed by atoms with Crippen molar-refractivity contribution in [3.05, 3.63) is 23.7 Å². The molecule has 0 aromatic carbocycles. The molecule has 1 atom stereocenters. The SMILES string of the molecule is Cc1ccc(CN2CCOC3(COCCN(S(C)(=O)=O)C3)C2)o1.O=C(O)C(F)(F)F. The smallest absolute Gasteiger partial charge is 0.475 e. The molecule has 0 bridgehead atoms. The quantitative estimate of drug-likeness (QED) is 0.717. The third kappa shape index (κ3) is 7.23. The molecule has 30 heavy (non-hydrogen) atoms. The number of rotatable bonds is 3. The predicted molar refractivity (Wildman–Crippen MR) is 98.3 cm³/mol. The fourth-order valence-corrected chi connectivity index (χ4v) is 4.06. The highest BCUT2D eigenvalue weighted by molar-refractivity contribution is 7.88. The molecule has 0 aliphatic carbocycles. The summed E-state index contributed by atoms with van der Waals surface area (Å²) in [7, 11) is -3.26. The molecule has 2 aliphatic heterocycles. The van der Waals surface area contributed by atoms with Crippen LogP contribution >= 0.6 is 0 Å². The van der Waals surface area contributed by atoms with E-state index in [0.717, 1.165) is 18.1 Å².